The van der Waals surface area contributed by atoms with Gasteiger partial charge in [0.25, 0.3) is 5.91 Å². The van der Waals surface area contributed by atoms with Crippen molar-refractivity contribution in [3.8, 4) is 0 Å². The summed E-state index contributed by atoms with van der Waals surface area (Å²) in [6.45, 7) is 6.56. The third-order valence-corrected chi connectivity index (χ3v) is 8.92. The summed E-state index contributed by atoms with van der Waals surface area (Å²) in [6, 6.07) is 5.42. The van der Waals surface area contributed by atoms with Crippen LogP contribution in [0.4, 0.5) is 5.69 Å². The number of nitrogens with one attached hydrogen (secondary N) is 2. The van der Waals surface area contributed by atoms with Gasteiger partial charge in [-0.05, 0) is 88.3 Å². The summed E-state index contributed by atoms with van der Waals surface area (Å²) in [4.78, 5) is 42.1. The highest BCUT2D eigenvalue weighted by atomic mass is 16.2. The van der Waals surface area contributed by atoms with E-state index >= 15 is 0 Å². The maximum absolute atomic E-state index is 13.6. The molecule has 4 aliphatic heterocycles. The molecule has 2 atom stereocenters. The average Bonchev–Trinajstić information content (AvgIpc) is 3.00. The lowest BCUT2D eigenvalue weighted by atomic mass is 9.70. The number of carbonyl (C=O) groups excluding carboxylic acids is 3. The summed E-state index contributed by atoms with van der Waals surface area (Å²) in [5.41, 5.74) is 3.61. The summed E-state index contributed by atoms with van der Waals surface area (Å²) in [5.74, 6) is -0.815. The summed E-state index contributed by atoms with van der Waals surface area (Å²) in [5, 5.41) is 5.91. The predicted octanol–water partition coefficient (Wildman–Crippen LogP) is 2.47. The number of hydrogen-bond donors (Lipinski definition) is 2. The Bertz CT molecular complexity index is 1120. The van der Waals surface area contributed by atoms with Gasteiger partial charge >= 0.3 is 0 Å². The molecule has 0 bridgehead atoms. The first-order valence-electron chi connectivity index (χ1n) is 12.6. The molecule has 6 rings (SSSR count). The van der Waals surface area contributed by atoms with Gasteiger partial charge in [0.2, 0.25) is 11.8 Å². The van der Waals surface area contributed by atoms with Crippen LogP contribution in [-0.4, -0.2) is 54.8 Å². The highest BCUT2D eigenvalue weighted by Crippen LogP contribution is 2.49. The van der Waals surface area contributed by atoms with Gasteiger partial charge in [0, 0.05) is 17.6 Å². The molecule has 1 spiro atoms. The second kappa shape index (κ2) is 7.89. The van der Waals surface area contributed by atoms with Crippen molar-refractivity contribution in [1.82, 2.24) is 15.5 Å². The van der Waals surface area contributed by atoms with Gasteiger partial charge in [-0.15, -0.1) is 0 Å². The van der Waals surface area contributed by atoms with Crippen molar-refractivity contribution in [2.45, 2.75) is 57.0 Å². The Morgan fingerprint density at radius 2 is 1.79 bits per heavy atom. The smallest absolute Gasteiger partial charge is 0.259 e. The summed E-state index contributed by atoms with van der Waals surface area (Å²) in [6.07, 6.45) is 11.7. The molecular weight excluding hydrogens is 428 g/mol. The van der Waals surface area contributed by atoms with Crippen molar-refractivity contribution in [3.63, 3.8) is 0 Å². The van der Waals surface area contributed by atoms with Crippen molar-refractivity contribution in [3.05, 3.63) is 47.6 Å². The summed E-state index contributed by atoms with van der Waals surface area (Å²) >= 11 is 0. The number of piperidine rings is 3. The molecule has 7 nitrogen and oxygen atoms in total. The van der Waals surface area contributed by atoms with Crippen molar-refractivity contribution >= 4 is 29.0 Å². The maximum Gasteiger partial charge on any atom is 0.259 e. The van der Waals surface area contributed by atoms with E-state index in [1.54, 1.807) is 4.90 Å². The minimum absolute atomic E-state index is 0.154. The van der Waals surface area contributed by atoms with Gasteiger partial charge in [-0.1, -0.05) is 24.3 Å². The van der Waals surface area contributed by atoms with Gasteiger partial charge in [0.15, 0.2) is 0 Å². The molecule has 34 heavy (non-hydrogen) atoms. The van der Waals surface area contributed by atoms with Crippen LogP contribution in [0.5, 0.6) is 0 Å². The Labute approximate surface area is 200 Å². The third-order valence-electron chi connectivity index (χ3n) is 8.92. The van der Waals surface area contributed by atoms with Crippen LogP contribution in [0.2, 0.25) is 0 Å². The largest absolute Gasteiger partial charge is 0.317 e. The fourth-order valence-electron chi connectivity index (χ4n) is 6.78. The first-order chi connectivity index (χ1) is 16.4. The number of amides is 3. The van der Waals surface area contributed by atoms with E-state index in [0.29, 0.717) is 17.4 Å². The van der Waals surface area contributed by atoms with E-state index in [-0.39, 0.29) is 29.7 Å². The number of hydrogen-bond acceptors (Lipinski definition) is 5. The fourth-order valence-corrected chi connectivity index (χ4v) is 6.78. The molecule has 7 heteroatoms. The SMILES string of the molecule is CC1(N2CCC3(CCNCC3)CC2)C=CC=C2C(=O)N(C3CCC(=O)NC3=O)c3cccc1c32. The number of nitrogens with zero attached hydrogens (tertiary/aromatic N) is 2. The highest BCUT2D eigenvalue weighted by Gasteiger charge is 2.47. The molecule has 3 amide bonds. The van der Waals surface area contributed by atoms with Crippen LogP contribution in [0.15, 0.2) is 36.4 Å². The standard InChI is InChI=1S/C27H32N4O3/c1-26(30-16-12-27(13-17-30)10-14-28-15-11-27)9-3-4-18-23-19(26)5-2-6-20(23)31(25(18)34)21-7-8-22(32)29-24(21)33/h2-6,9,21,28H,7-8,10-17H2,1H3,(H,29,32,33). The van der Waals surface area contributed by atoms with Crippen molar-refractivity contribution < 1.29 is 14.4 Å². The molecule has 2 unspecified atom stereocenters. The second-order valence-corrected chi connectivity index (χ2v) is 10.7. The lowest BCUT2D eigenvalue weighted by molar-refractivity contribution is -0.135. The zero-order chi connectivity index (χ0) is 23.5. The third kappa shape index (κ3) is 3.21. The summed E-state index contributed by atoms with van der Waals surface area (Å²) < 4.78 is 0. The minimum atomic E-state index is -0.658. The Balaban J connectivity index is 1.36. The molecule has 2 N–H and O–H groups in total. The number of imide groups is 1. The van der Waals surface area contributed by atoms with Crippen molar-refractivity contribution in [1.29, 1.82) is 0 Å². The van der Waals surface area contributed by atoms with Gasteiger partial charge < -0.3 is 5.32 Å². The molecule has 0 saturated carbocycles. The van der Waals surface area contributed by atoms with Crippen LogP contribution in [0.1, 0.15) is 56.6 Å². The van der Waals surface area contributed by atoms with E-state index in [1.807, 2.05) is 24.3 Å². The molecular formula is C27H32N4O3. The predicted molar refractivity (Wildman–Crippen MR) is 130 cm³/mol. The monoisotopic (exact) mass is 460 g/mol. The van der Waals surface area contributed by atoms with E-state index in [4.69, 9.17) is 0 Å². The number of allylic oxidation sites excluding steroid dienone is 2. The zero-order valence-corrected chi connectivity index (χ0v) is 19.7. The minimum Gasteiger partial charge on any atom is -0.317 e. The number of benzene rings is 1. The van der Waals surface area contributed by atoms with Gasteiger partial charge in [-0.2, -0.15) is 0 Å². The molecule has 0 aromatic heterocycles. The molecule has 5 aliphatic rings. The molecule has 178 valence electrons. The first-order valence-corrected chi connectivity index (χ1v) is 12.6. The highest BCUT2D eigenvalue weighted by molar-refractivity contribution is 6.34. The van der Waals surface area contributed by atoms with E-state index in [9.17, 15) is 14.4 Å². The van der Waals surface area contributed by atoms with Crippen molar-refractivity contribution in [2.75, 3.05) is 31.1 Å². The maximum atomic E-state index is 13.6. The van der Waals surface area contributed by atoms with Gasteiger partial charge in [-0.25, -0.2) is 0 Å². The van der Waals surface area contributed by atoms with Gasteiger partial charge in [-0.3, -0.25) is 29.5 Å². The molecule has 3 fully saturated rings. The number of carbonyl (C=O) groups is 3. The average molecular weight is 461 g/mol. The normalized spacial score (nSPS) is 30.7. The fraction of sp³-hybridized carbons (Fsp3) is 0.519. The molecule has 1 aromatic carbocycles. The van der Waals surface area contributed by atoms with E-state index in [2.05, 4.69) is 34.6 Å². The van der Waals surface area contributed by atoms with E-state index in [1.165, 1.54) is 25.7 Å². The van der Waals surface area contributed by atoms with Crippen LogP contribution in [0, 0.1) is 5.41 Å². The van der Waals surface area contributed by atoms with Crippen molar-refractivity contribution in [2.24, 2.45) is 5.41 Å². The van der Waals surface area contributed by atoms with E-state index in [0.717, 1.165) is 43.0 Å². The molecule has 1 aromatic rings. The Morgan fingerprint density at radius 3 is 2.53 bits per heavy atom. The lowest BCUT2D eigenvalue weighted by Gasteiger charge is -2.50. The van der Waals surface area contributed by atoms with Crippen LogP contribution in [0.3, 0.4) is 0 Å². The van der Waals surface area contributed by atoms with Crippen LogP contribution in [0.25, 0.3) is 5.57 Å². The number of anilines is 1. The number of likely N-dealkylation sites (tertiary alicyclic amines) is 1. The zero-order valence-electron chi connectivity index (χ0n) is 19.7. The Hall–Kier alpha value is -2.77. The first kappa shape index (κ1) is 21.7. The van der Waals surface area contributed by atoms with Gasteiger partial charge in [0.05, 0.1) is 11.2 Å². The van der Waals surface area contributed by atoms with Crippen LogP contribution < -0.4 is 15.5 Å². The Kier molecular flexibility index (Phi) is 5.04. The van der Waals surface area contributed by atoms with E-state index < -0.39 is 6.04 Å². The number of rotatable bonds is 2. The van der Waals surface area contributed by atoms with Crippen LogP contribution in [-0.2, 0) is 19.9 Å². The molecule has 1 aliphatic carbocycles. The van der Waals surface area contributed by atoms with Gasteiger partial charge in [0.1, 0.15) is 6.04 Å². The molecule has 3 saturated heterocycles. The Morgan fingerprint density at radius 1 is 1.03 bits per heavy atom. The lowest BCUT2D eigenvalue weighted by Crippen LogP contribution is -2.53. The quantitative estimate of drug-likeness (QED) is 0.663. The second-order valence-electron chi connectivity index (χ2n) is 10.7. The topological polar surface area (TPSA) is 81.8 Å². The summed E-state index contributed by atoms with van der Waals surface area (Å²) in [7, 11) is 0. The molecule has 4 heterocycles. The molecule has 0 radical (unpaired) electrons. The van der Waals surface area contributed by atoms with Crippen LogP contribution >= 0.6 is 0 Å².